The first kappa shape index (κ1) is 10.6. The van der Waals surface area contributed by atoms with Gasteiger partial charge in [0.2, 0.25) is 0 Å². The summed E-state index contributed by atoms with van der Waals surface area (Å²) in [6.45, 7) is 0.489. The molecule has 1 saturated carbocycles. The predicted molar refractivity (Wildman–Crippen MR) is 59.4 cm³/mol. The van der Waals surface area contributed by atoms with Crippen LogP contribution in [0.25, 0.3) is 0 Å². The van der Waals surface area contributed by atoms with Gasteiger partial charge in [-0.25, -0.2) is 0 Å². The Kier molecular flexibility index (Phi) is 3.34. The lowest BCUT2D eigenvalue weighted by atomic mass is 9.75. The lowest BCUT2D eigenvalue weighted by Crippen LogP contribution is -2.35. The molecule has 0 saturated heterocycles. The van der Waals surface area contributed by atoms with E-state index in [0.29, 0.717) is 12.5 Å². The minimum atomic E-state index is -0.298. The van der Waals surface area contributed by atoms with E-state index in [0.717, 1.165) is 18.4 Å². The summed E-state index contributed by atoms with van der Waals surface area (Å²) in [5.41, 5.74) is 6.79. The number of hydrogen-bond acceptors (Lipinski definition) is 3. The average molecular weight is 206 g/mol. The summed E-state index contributed by atoms with van der Waals surface area (Å²) in [5, 5.41) is 10.2. The molecule has 1 aliphatic carbocycles. The SMILES string of the molecule is NCC(c1cccnc1)C(O)C1CCC1. The summed E-state index contributed by atoms with van der Waals surface area (Å²) < 4.78 is 0. The van der Waals surface area contributed by atoms with Crippen molar-refractivity contribution in [2.24, 2.45) is 11.7 Å². The molecule has 0 aromatic carbocycles. The van der Waals surface area contributed by atoms with Crippen molar-refractivity contribution >= 4 is 0 Å². The molecule has 1 aliphatic rings. The van der Waals surface area contributed by atoms with E-state index in [2.05, 4.69) is 4.98 Å². The minimum Gasteiger partial charge on any atom is -0.392 e. The van der Waals surface area contributed by atoms with Crippen LogP contribution < -0.4 is 5.73 Å². The maximum absolute atomic E-state index is 10.2. The molecule has 82 valence electrons. The van der Waals surface area contributed by atoms with Crippen LogP contribution in [0.1, 0.15) is 30.7 Å². The molecule has 2 unspecified atom stereocenters. The Morgan fingerprint density at radius 1 is 1.53 bits per heavy atom. The molecule has 0 bridgehead atoms. The van der Waals surface area contributed by atoms with E-state index >= 15 is 0 Å². The Bertz CT molecular complexity index is 298. The fourth-order valence-corrected chi connectivity index (χ4v) is 2.18. The molecule has 1 heterocycles. The zero-order valence-corrected chi connectivity index (χ0v) is 8.84. The van der Waals surface area contributed by atoms with E-state index in [-0.39, 0.29) is 12.0 Å². The molecule has 1 fully saturated rings. The van der Waals surface area contributed by atoms with Crippen molar-refractivity contribution in [3.8, 4) is 0 Å². The second-order valence-corrected chi connectivity index (χ2v) is 4.31. The fraction of sp³-hybridized carbons (Fsp3) is 0.583. The van der Waals surface area contributed by atoms with Gasteiger partial charge < -0.3 is 10.8 Å². The number of aromatic nitrogens is 1. The summed E-state index contributed by atoms with van der Waals surface area (Å²) in [6, 6.07) is 3.89. The van der Waals surface area contributed by atoms with Gasteiger partial charge in [-0.15, -0.1) is 0 Å². The Morgan fingerprint density at radius 2 is 2.33 bits per heavy atom. The third kappa shape index (κ3) is 2.19. The maximum Gasteiger partial charge on any atom is 0.0649 e. The Labute approximate surface area is 90.3 Å². The average Bonchev–Trinajstić information content (AvgIpc) is 2.18. The topological polar surface area (TPSA) is 59.1 Å². The summed E-state index contributed by atoms with van der Waals surface area (Å²) >= 11 is 0. The molecule has 2 atom stereocenters. The first-order chi connectivity index (χ1) is 7.33. The number of aliphatic hydroxyl groups excluding tert-OH is 1. The normalized spacial score (nSPS) is 20.7. The number of pyridine rings is 1. The molecule has 3 heteroatoms. The van der Waals surface area contributed by atoms with Gasteiger partial charge in [-0.1, -0.05) is 12.5 Å². The molecule has 1 aromatic heterocycles. The van der Waals surface area contributed by atoms with Crippen molar-refractivity contribution in [1.82, 2.24) is 4.98 Å². The monoisotopic (exact) mass is 206 g/mol. The molecule has 2 rings (SSSR count). The Morgan fingerprint density at radius 3 is 2.80 bits per heavy atom. The second kappa shape index (κ2) is 4.73. The highest BCUT2D eigenvalue weighted by molar-refractivity contribution is 5.17. The fourth-order valence-electron chi connectivity index (χ4n) is 2.18. The van der Waals surface area contributed by atoms with Crippen LogP contribution in [0.3, 0.4) is 0 Å². The molecular formula is C12H18N2O. The molecule has 0 radical (unpaired) electrons. The summed E-state index contributed by atoms with van der Waals surface area (Å²) in [4.78, 5) is 4.07. The maximum atomic E-state index is 10.2. The van der Waals surface area contributed by atoms with Crippen LogP contribution >= 0.6 is 0 Å². The number of rotatable bonds is 4. The van der Waals surface area contributed by atoms with Gasteiger partial charge in [0.15, 0.2) is 0 Å². The molecule has 3 N–H and O–H groups in total. The predicted octanol–water partition coefficient (Wildman–Crippen LogP) is 1.28. The third-order valence-electron chi connectivity index (χ3n) is 3.41. The molecule has 0 spiro atoms. The Balaban J connectivity index is 2.09. The quantitative estimate of drug-likeness (QED) is 0.780. The molecule has 15 heavy (non-hydrogen) atoms. The van der Waals surface area contributed by atoms with Gasteiger partial charge >= 0.3 is 0 Å². The van der Waals surface area contributed by atoms with E-state index < -0.39 is 0 Å². The van der Waals surface area contributed by atoms with Crippen molar-refractivity contribution in [2.75, 3.05) is 6.54 Å². The molecular weight excluding hydrogens is 188 g/mol. The van der Waals surface area contributed by atoms with Gasteiger partial charge in [-0.2, -0.15) is 0 Å². The molecule has 3 nitrogen and oxygen atoms in total. The van der Waals surface area contributed by atoms with Crippen molar-refractivity contribution in [3.05, 3.63) is 30.1 Å². The smallest absolute Gasteiger partial charge is 0.0649 e. The zero-order chi connectivity index (χ0) is 10.7. The van der Waals surface area contributed by atoms with Crippen LogP contribution in [-0.4, -0.2) is 22.7 Å². The Hall–Kier alpha value is -0.930. The number of nitrogens with zero attached hydrogens (tertiary/aromatic N) is 1. The van der Waals surface area contributed by atoms with Gasteiger partial charge in [-0.05, 0) is 30.4 Å². The summed E-state index contributed by atoms with van der Waals surface area (Å²) in [7, 11) is 0. The largest absolute Gasteiger partial charge is 0.392 e. The lowest BCUT2D eigenvalue weighted by Gasteiger charge is -2.34. The highest BCUT2D eigenvalue weighted by Gasteiger charge is 2.31. The summed E-state index contributed by atoms with van der Waals surface area (Å²) in [6.07, 6.45) is 6.77. The number of nitrogens with two attached hydrogens (primary N) is 1. The van der Waals surface area contributed by atoms with Crippen LogP contribution in [0.5, 0.6) is 0 Å². The molecule has 0 amide bonds. The van der Waals surface area contributed by atoms with Crippen LogP contribution in [0.2, 0.25) is 0 Å². The van der Waals surface area contributed by atoms with Crippen molar-refractivity contribution in [2.45, 2.75) is 31.3 Å². The van der Waals surface area contributed by atoms with Gasteiger partial charge in [-0.3, -0.25) is 4.98 Å². The lowest BCUT2D eigenvalue weighted by molar-refractivity contribution is 0.0419. The van der Waals surface area contributed by atoms with Gasteiger partial charge in [0.25, 0.3) is 0 Å². The minimum absolute atomic E-state index is 0.0454. The van der Waals surface area contributed by atoms with E-state index in [1.807, 2.05) is 12.1 Å². The summed E-state index contributed by atoms with van der Waals surface area (Å²) in [5.74, 6) is 0.489. The van der Waals surface area contributed by atoms with Crippen LogP contribution in [0.15, 0.2) is 24.5 Å². The molecule has 0 aliphatic heterocycles. The van der Waals surface area contributed by atoms with Crippen LogP contribution in [-0.2, 0) is 0 Å². The standard InChI is InChI=1S/C12H18N2O/c13-7-11(10-5-2-6-14-8-10)12(15)9-3-1-4-9/h2,5-6,8-9,11-12,15H,1,3-4,7,13H2. The van der Waals surface area contributed by atoms with E-state index in [4.69, 9.17) is 5.73 Å². The van der Waals surface area contributed by atoms with Crippen molar-refractivity contribution < 1.29 is 5.11 Å². The zero-order valence-electron chi connectivity index (χ0n) is 8.84. The van der Waals surface area contributed by atoms with E-state index in [9.17, 15) is 5.11 Å². The second-order valence-electron chi connectivity index (χ2n) is 4.31. The number of hydrogen-bond donors (Lipinski definition) is 2. The first-order valence-electron chi connectivity index (χ1n) is 5.61. The highest BCUT2D eigenvalue weighted by Crippen LogP contribution is 2.35. The van der Waals surface area contributed by atoms with E-state index in [1.54, 1.807) is 12.4 Å². The van der Waals surface area contributed by atoms with E-state index in [1.165, 1.54) is 6.42 Å². The van der Waals surface area contributed by atoms with Crippen LogP contribution in [0, 0.1) is 5.92 Å². The van der Waals surface area contributed by atoms with Gasteiger partial charge in [0, 0.05) is 24.9 Å². The van der Waals surface area contributed by atoms with Crippen molar-refractivity contribution in [1.29, 1.82) is 0 Å². The van der Waals surface area contributed by atoms with Crippen molar-refractivity contribution in [3.63, 3.8) is 0 Å². The highest BCUT2D eigenvalue weighted by atomic mass is 16.3. The third-order valence-corrected chi connectivity index (χ3v) is 3.41. The van der Waals surface area contributed by atoms with Gasteiger partial charge in [0.1, 0.15) is 0 Å². The van der Waals surface area contributed by atoms with Gasteiger partial charge in [0.05, 0.1) is 6.10 Å². The first-order valence-corrected chi connectivity index (χ1v) is 5.61. The number of aliphatic hydroxyl groups is 1. The molecule has 1 aromatic rings. The van der Waals surface area contributed by atoms with Crippen LogP contribution in [0.4, 0.5) is 0 Å².